The van der Waals surface area contributed by atoms with E-state index < -0.39 is 0 Å². The monoisotopic (exact) mass is 234 g/mol. The normalized spacial score (nSPS) is 23.3. The molecule has 1 aromatic rings. The molecule has 2 unspecified atom stereocenters. The summed E-state index contributed by atoms with van der Waals surface area (Å²) >= 11 is 2.15. The van der Waals surface area contributed by atoms with Crippen molar-refractivity contribution in [2.45, 2.75) is 55.9 Å². The molecule has 2 atom stereocenters. The van der Waals surface area contributed by atoms with E-state index in [4.69, 9.17) is 0 Å². The van der Waals surface area contributed by atoms with Gasteiger partial charge in [-0.2, -0.15) is 11.8 Å². The van der Waals surface area contributed by atoms with Gasteiger partial charge in [0.1, 0.15) is 0 Å². The van der Waals surface area contributed by atoms with Crippen LogP contribution in [0.1, 0.15) is 44.6 Å². The maximum Gasteiger partial charge on any atom is 0.0167 e. The number of aryl methyl sites for hydroxylation is 1. The molecule has 0 N–H and O–H groups in total. The Morgan fingerprint density at radius 1 is 1.00 bits per heavy atom. The van der Waals surface area contributed by atoms with E-state index in [1.807, 2.05) is 0 Å². The number of benzene rings is 1. The lowest BCUT2D eigenvalue weighted by molar-refractivity contribution is 0.614. The second kappa shape index (κ2) is 6.34. The third-order valence-corrected chi connectivity index (χ3v) is 4.82. The molecule has 0 aliphatic carbocycles. The maximum atomic E-state index is 2.35. The third kappa shape index (κ3) is 4.21. The second-order valence-corrected chi connectivity index (χ2v) is 6.44. The minimum Gasteiger partial charge on any atom is -0.153 e. The van der Waals surface area contributed by atoms with Crippen LogP contribution in [0.15, 0.2) is 30.3 Å². The molecule has 0 amide bonds. The largest absolute Gasteiger partial charge is 0.153 e. The van der Waals surface area contributed by atoms with Gasteiger partial charge in [0, 0.05) is 10.5 Å². The highest BCUT2D eigenvalue weighted by atomic mass is 32.2. The van der Waals surface area contributed by atoms with Crippen molar-refractivity contribution in [3.63, 3.8) is 0 Å². The molecule has 88 valence electrons. The molecular formula is C15H22S. The first-order chi connectivity index (χ1) is 7.86. The Balaban J connectivity index is 1.46. The van der Waals surface area contributed by atoms with Crippen LogP contribution in [0.2, 0.25) is 0 Å². The van der Waals surface area contributed by atoms with E-state index in [-0.39, 0.29) is 0 Å². The molecule has 2 rings (SSSR count). The van der Waals surface area contributed by atoms with Gasteiger partial charge in [-0.3, -0.25) is 0 Å². The summed E-state index contributed by atoms with van der Waals surface area (Å²) in [6, 6.07) is 10.9. The molecule has 16 heavy (non-hydrogen) atoms. The molecule has 1 aliphatic rings. The van der Waals surface area contributed by atoms with Crippen molar-refractivity contribution in [2.75, 3.05) is 0 Å². The van der Waals surface area contributed by atoms with Crippen LogP contribution in [0.4, 0.5) is 0 Å². The zero-order valence-electron chi connectivity index (χ0n) is 10.2. The van der Waals surface area contributed by atoms with Crippen molar-refractivity contribution < 1.29 is 0 Å². The van der Waals surface area contributed by atoms with E-state index in [0.29, 0.717) is 0 Å². The average Bonchev–Trinajstić information content (AvgIpc) is 3.01. The van der Waals surface area contributed by atoms with Gasteiger partial charge < -0.3 is 0 Å². The summed E-state index contributed by atoms with van der Waals surface area (Å²) in [6.45, 7) is 2.35. The highest BCUT2D eigenvalue weighted by molar-refractivity contribution is 8.07. The summed E-state index contributed by atoms with van der Waals surface area (Å²) in [5.74, 6) is 0. The topological polar surface area (TPSA) is 0 Å². The number of thioether (sulfide) groups is 1. The van der Waals surface area contributed by atoms with Crippen LogP contribution < -0.4 is 0 Å². The van der Waals surface area contributed by atoms with Crippen LogP contribution in [0, 0.1) is 0 Å². The second-order valence-electron chi connectivity index (χ2n) is 4.82. The van der Waals surface area contributed by atoms with Gasteiger partial charge in [0.2, 0.25) is 0 Å². The summed E-state index contributed by atoms with van der Waals surface area (Å²) < 4.78 is 0. The van der Waals surface area contributed by atoms with Crippen LogP contribution in [-0.2, 0) is 6.42 Å². The van der Waals surface area contributed by atoms with E-state index in [1.54, 1.807) is 0 Å². The van der Waals surface area contributed by atoms with Gasteiger partial charge >= 0.3 is 0 Å². The lowest BCUT2D eigenvalue weighted by Crippen LogP contribution is -1.90. The van der Waals surface area contributed by atoms with E-state index >= 15 is 0 Å². The molecule has 1 heteroatoms. The lowest BCUT2D eigenvalue weighted by Gasteiger charge is -2.01. The Morgan fingerprint density at radius 2 is 1.69 bits per heavy atom. The van der Waals surface area contributed by atoms with Crippen LogP contribution in [-0.4, -0.2) is 10.5 Å². The van der Waals surface area contributed by atoms with Gasteiger partial charge in [-0.15, -0.1) is 0 Å². The van der Waals surface area contributed by atoms with Crippen molar-refractivity contribution in [1.29, 1.82) is 0 Å². The minimum atomic E-state index is 0.962. The van der Waals surface area contributed by atoms with Crippen LogP contribution in [0.25, 0.3) is 0 Å². The van der Waals surface area contributed by atoms with E-state index in [1.165, 1.54) is 44.1 Å². The molecule has 0 bridgehead atoms. The van der Waals surface area contributed by atoms with Crippen LogP contribution in [0.3, 0.4) is 0 Å². The lowest BCUT2D eigenvalue weighted by atomic mass is 10.0. The zero-order valence-corrected chi connectivity index (χ0v) is 11.0. The van der Waals surface area contributed by atoms with Gasteiger partial charge in [-0.1, -0.05) is 56.5 Å². The maximum absolute atomic E-state index is 2.35. The van der Waals surface area contributed by atoms with Crippen molar-refractivity contribution in [3.05, 3.63) is 35.9 Å². The fourth-order valence-electron chi connectivity index (χ4n) is 2.21. The number of unbranched alkanes of at least 4 members (excludes halogenated alkanes) is 3. The minimum absolute atomic E-state index is 0.962. The van der Waals surface area contributed by atoms with Gasteiger partial charge in [0.05, 0.1) is 0 Å². The quantitative estimate of drug-likeness (QED) is 0.487. The van der Waals surface area contributed by atoms with Gasteiger partial charge in [-0.25, -0.2) is 0 Å². The van der Waals surface area contributed by atoms with Crippen molar-refractivity contribution in [3.8, 4) is 0 Å². The summed E-state index contributed by atoms with van der Waals surface area (Å²) in [5, 5.41) is 1.97. The Bertz CT molecular complexity index is 294. The number of hydrogen-bond acceptors (Lipinski definition) is 1. The van der Waals surface area contributed by atoms with E-state index in [2.05, 4.69) is 49.0 Å². The summed E-state index contributed by atoms with van der Waals surface area (Å²) in [7, 11) is 0. The summed E-state index contributed by atoms with van der Waals surface area (Å²) in [6.07, 6.45) is 8.35. The molecule has 0 aromatic heterocycles. The van der Waals surface area contributed by atoms with Gasteiger partial charge in [-0.05, 0) is 24.8 Å². The highest BCUT2D eigenvalue weighted by Gasteiger charge is 2.32. The molecule has 0 nitrogen and oxygen atoms in total. The van der Waals surface area contributed by atoms with E-state index in [9.17, 15) is 0 Å². The Labute approximate surface area is 104 Å². The van der Waals surface area contributed by atoms with Crippen LogP contribution in [0.5, 0.6) is 0 Å². The fourth-order valence-corrected chi connectivity index (χ4v) is 3.11. The van der Waals surface area contributed by atoms with E-state index in [0.717, 1.165) is 10.5 Å². The first-order valence-corrected chi connectivity index (χ1v) is 7.50. The molecular weight excluding hydrogens is 212 g/mol. The van der Waals surface area contributed by atoms with Gasteiger partial charge in [0.15, 0.2) is 0 Å². The fraction of sp³-hybridized carbons (Fsp3) is 0.600. The molecule has 0 spiro atoms. The van der Waals surface area contributed by atoms with Crippen molar-refractivity contribution in [2.24, 2.45) is 0 Å². The Kier molecular flexibility index (Phi) is 4.77. The average molecular weight is 234 g/mol. The van der Waals surface area contributed by atoms with Gasteiger partial charge in [0.25, 0.3) is 0 Å². The third-order valence-electron chi connectivity index (χ3n) is 3.38. The highest BCUT2D eigenvalue weighted by Crippen LogP contribution is 2.43. The Morgan fingerprint density at radius 3 is 2.38 bits per heavy atom. The Hall–Kier alpha value is -0.430. The van der Waals surface area contributed by atoms with Crippen molar-refractivity contribution in [1.82, 2.24) is 0 Å². The van der Waals surface area contributed by atoms with Crippen LogP contribution >= 0.6 is 11.8 Å². The predicted molar refractivity (Wildman–Crippen MR) is 74.1 cm³/mol. The number of hydrogen-bond donors (Lipinski definition) is 0. The first kappa shape index (κ1) is 12.0. The smallest absolute Gasteiger partial charge is 0.0167 e. The molecule has 0 radical (unpaired) electrons. The molecule has 1 aromatic carbocycles. The molecule has 1 aliphatic heterocycles. The molecule has 0 saturated carbocycles. The summed E-state index contributed by atoms with van der Waals surface area (Å²) in [4.78, 5) is 0. The number of rotatable bonds is 7. The molecule has 1 fully saturated rings. The standard InChI is InChI=1S/C15H22S/c1-13-15(16-13)12-8-3-2-5-9-14-10-6-4-7-11-14/h4,6-7,10-11,13,15H,2-3,5,8-9,12H2,1H3. The first-order valence-electron chi connectivity index (χ1n) is 6.55. The molecule has 1 heterocycles. The van der Waals surface area contributed by atoms with Crippen molar-refractivity contribution >= 4 is 11.8 Å². The SMILES string of the molecule is CC1SC1CCCCCCc1ccccc1. The zero-order chi connectivity index (χ0) is 11.2. The molecule has 1 saturated heterocycles. The summed E-state index contributed by atoms with van der Waals surface area (Å²) in [5.41, 5.74) is 1.49. The predicted octanol–water partition coefficient (Wildman–Crippen LogP) is 4.68.